The third-order valence-electron chi connectivity index (χ3n) is 4.22. The highest BCUT2D eigenvalue weighted by Gasteiger charge is 2.42. The summed E-state index contributed by atoms with van der Waals surface area (Å²) >= 11 is 0. The highest BCUT2D eigenvalue weighted by molar-refractivity contribution is 5.99. The van der Waals surface area contributed by atoms with Gasteiger partial charge in [-0.15, -0.1) is 0 Å². The normalized spacial score (nSPS) is 17.6. The van der Waals surface area contributed by atoms with E-state index in [4.69, 9.17) is 5.73 Å². The molecule has 4 N–H and O–H groups in total. The maximum Gasteiger partial charge on any atom is 0.250 e. The molecule has 2 saturated carbocycles. The maximum atomic E-state index is 12.1. The molecule has 0 unspecified atom stereocenters. The fraction of sp³-hybridized carbons (Fsp3) is 0.500. The molecule has 0 atom stereocenters. The van der Waals surface area contributed by atoms with Crippen LogP contribution in [0, 0.1) is 11.8 Å². The van der Waals surface area contributed by atoms with Crippen molar-refractivity contribution in [2.45, 2.75) is 31.7 Å². The minimum atomic E-state index is -0.493. The Hall–Kier alpha value is -2.04. The van der Waals surface area contributed by atoms with Crippen LogP contribution in [-0.2, 0) is 4.79 Å². The third kappa shape index (κ3) is 3.54. The SMILES string of the molecule is NC(=O)c1ccccc1NCC(=O)NC(C1CC1)C1CC1. The molecule has 0 aromatic heterocycles. The van der Waals surface area contributed by atoms with Gasteiger partial charge in [-0.25, -0.2) is 0 Å². The van der Waals surface area contributed by atoms with Crippen molar-refractivity contribution >= 4 is 17.5 Å². The number of nitrogens with two attached hydrogens (primary N) is 1. The first-order valence-electron chi connectivity index (χ1n) is 7.57. The average Bonchev–Trinajstić information content (AvgIpc) is 3.36. The molecule has 0 heterocycles. The third-order valence-corrected chi connectivity index (χ3v) is 4.22. The number of carbonyl (C=O) groups is 2. The van der Waals surface area contributed by atoms with Gasteiger partial charge < -0.3 is 16.4 Å². The number of carbonyl (C=O) groups excluding carboxylic acids is 2. The predicted molar refractivity (Wildman–Crippen MR) is 80.8 cm³/mol. The number of hydrogen-bond donors (Lipinski definition) is 3. The molecule has 2 aliphatic carbocycles. The Morgan fingerprint density at radius 3 is 2.33 bits per heavy atom. The van der Waals surface area contributed by atoms with Crippen LogP contribution < -0.4 is 16.4 Å². The molecule has 0 radical (unpaired) electrons. The van der Waals surface area contributed by atoms with Crippen molar-refractivity contribution in [2.24, 2.45) is 17.6 Å². The fourth-order valence-electron chi connectivity index (χ4n) is 2.80. The summed E-state index contributed by atoms with van der Waals surface area (Å²) in [7, 11) is 0. The summed E-state index contributed by atoms with van der Waals surface area (Å²) in [4.78, 5) is 23.4. The van der Waals surface area contributed by atoms with Crippen molar-refractivity contribution < 1.29 is 9.59 Å². The standard InChI is InChI=1S/C16H21N3O2/c17-16(21)12-3-1-2-4-13(12)18-9-14(20)19-15(10-5-6-10)11-7-8-11/h1-4,10-11,15,18H,5-9H2,(H2,17,21)(H,19,20). The van der Waals surface area contributed by atoms with E-state index in [2.05, 4.69) is 10.6 Å². The van der Waals surface area contributed by atoms with Crippen molar-refractivity contribution in [3.63, 3.8) is 0 Å². The van der Waals surface area contributed by atoms with E-state index in [-0.39, 0.29) is 12.5 Å². The molecule has 0 bridgehead atoms. The zero-order chi connectivity index (χ0) is 14.8. The minimum absolute atomic E-state index is 0.0157. The van der Waals surface area contributed by atoms with E-state index >= 15 is 0 Å². The fourth-order valence-corrected chi connectivity index (χ4v) is 2.80. The van der Waals surface area contributed by atoms with Gasteiger partial charge in [-0.3, -0.25) is 9.59 Å². The zero-order valence-corrected chi connectivity index (χ0v) is 12.0. The maximum absolute atomic E-state index is 12.1. The molecule has 112 valence electrons. The molecule has 1 aromatic rings. The Balaban J connectivity index is 1.54. The van der Waals surface area contributed by atoms with E-state index in [1.807, 2.05) is 6.07 Å². The van der Waals surface area contributed by atoms with Crippen molar-refractivity contribution in [2.75, 3.05) is 11.9 Å². The van der Waals surface area contributed by atoms with Gasteiger partial charge in [0.15, 0.2) is 0 Å². The van der Waals surface area contributed by atoms with Crippen LogP contribution >= 0.6 is 0 Å². The van der Waals surface area contributed by atoms with E-state index in [0.717, 1.165) is 0 Å². The van der Waals surface area contributed by atoms with Crippen LogP contribution in [0.3, 0.4) is 0 Å². The number of benzene rings is 1. The Labute approximate surface area is 124 Å². The molecule has 2 amide bonds. The van der Waals surface area contributed by atoms with Crippen molar-refractivity contribution in [3.05, 3.63) is 29.8 Å². The summed E-state index contributed by atoms with van der Waals surface area (Å²) in [5.74, 6) is 0.851. The molecular weight excluding hydrogens is 266 g/mol. The predicted octanol–water partition coefficient (Wildman–Crippen LogP) is 1.50. The number of amides is 2. The van der Waals surface area contributed by atoms with E-state index < -0.39 is 5.91 Å². The summed E-state index contributed by atoms with van der Waals surface area (Å²) in [5, 5.41) is 6.15. The first kappa shape index (κ1) is 13.9. The highest BCUT2D eigenvalue weighted by atomic mass is 16.2. The van der Waals surface area contributed by atoms with Crippen LogP contribution in [0.4, 0.5) is 5.69 Å². The molecule has 21 heavy (non-hydrogen) atoms. The number of anilines is 1. The van der Waals surface area contributed by atoms with E-state index in [1.54, 1.807) is 18.2 Å². The monoisotopic (exact) mass is 287 g/mol. The lowest BCUT2D eigenvalue weighted by Crippen LogP contribution is -2.41. The Kier molecular flexibility index (Phi) is 3.82. The van der Waals surface area contributed by atoms with E-state index in [9.17, 15) is 9.59 Å². The van der Waals surface area contributed by atoms with Gasteiger partial charge >= 0.3 is 0 Å². The molecule has 5 heteroatoms. The van der Waals surface area contributed by atoms with Crippen LogP contribution in [0.1, 0.15) is 36.0 Å². The topological polar surface area (TPSA) is 84.2 Å². The molecule has 0 spiro atoms. The number of para-hydroxylation sites is 1. The highest BCUT2D eigenvalue weighted by Crippen LogP contribution is 2.44. The van der Waals surface area contributed by atoms with Crippen molar-refractivity contribution in [1.29, 1.82) is 0 Å². The average molecular weight is 287 g/mol. The van der Waals surface area contributed by atoms with Crippen LogP contribution in [0.5, 0.6) is 0 Å². The number of primary amides is 1. The lowest BCUT2D eigenvalue weighted by Gasteiger charge is -2.18. The lowest BCUT2D eigenvalue weighted by molar-refractivity contribution is -0.120. The molecule has 5 nitrogen and oxygen atoms in total. The number of hydrogen-bond acceptors (Lipinski definition) is 3. The van der Waals surface area contributed by atoms with Crippen molar-refractivity contribution in [1.82, 2.24) is 5.32 Å². The summed E-state index contributed by atoms with van der Waals surface area (Å²) < 4.78 is 0. The van der Waals surface area contributed by atoms with Gasteiger partial charge in [0, 0.05) is 11.7 Å². The quantitative estimate of drug-likeness (QED) is 0.710. The van der Waals surface area contributed by atoms with Crippen LogP contribution in [0.25, 0.3) is 0 Å². The summed E-state index contributed by atoms with van der Waals surface area (Å²) in [6.07, 6.45) is 4.94. The Morgan fingerprint density at radius 1 is 1.14 bits per heavy atom. The van der Waals surface area contributed by atoms with Crippen LogP contribution in [-0.4, -0.2) is 24.4 Å². The number of rotatable bonds is 7. The van der Waals surface area contributed by atoms with Crippen LogP contribution in [0.15, 0.2) is 24.3 Å². The van der Waals surface area contributed by atoms with Gasteiger partial charge in [0.05, 0.1) is 12.1 Å². The van der Waals surface area contributed by atoms with Crippen molar-refractivity contribution in [3.8, 4) is 0 Å². The molecule has 3 rings (SSSR count). The van der Waals surface area contributed by atoms with Gasteiger partial charge in [-0.2, -0.15) is 0 Å². The summed E-state index contributed by atoms with van der Waals surface area (Å²) in [6.45, 7) is 0.167. The van der Waals surface area contributed by atoms with Gasteiger partial charge in [0.2, 0.25) is 5.91 Å². The van der Waals surface area contributed by atoms with Gasteiger partial charge in [0.25, 0.3) is 5.91 Å². The first-order chi connectivity index (χ1) is 10.1. The smallest absolute Gasteiger partial charge is 0.250 e. The second-order valence-corrected chi connectivity index (χ2v) is 6.03. The zero-order valence-electron chi connectivity index (χ0n) is 12.0. The molecule has 1 aromatic carbocycles. The Morgan fingerprint density at radius 2 is 1.76 bits per heavy atom. The summed E-state index contributed by atoms with van der Waals surface area (Å²) in [5.41, 5.74) is 6.33. The van der Waals surface area contributed by atoms with E-state index in [1.165, 1.54) is 25.7 Å². The second kappa shape index (κ2) is 5.76. The van der Waals surface area contributed by atoms with Gasteiger partial charge in [0.1, 0.15) is 0 Å². The largest absolute Gasteiger partial charge is 0.376 e. The Bertz CT molecular complexity index is 538. The van der Waals surface area contributed by atoms with Crippen LogP contribution in [0.2, 0.25) is 0 Å². The second-order valence-electron chi connectivity index (χ2n) is 6.03. The van der Waals surface area contributed by atoms with E-state index in [0.29, 0.717) is 29.1 Å². The van der Waals surface area contributed by atoms with Gasteiger partial charge in [-0.1, -0.05) is 12.1 Å². The molecule has 0 aliphatic heterocycles. The number of nitrogens with one attached hydrogen (secondary N) is 2. The molecule has 2 aliphatic rings. The molecular formula is C16H21N3O2. The summed E-state index contributed by atoms with van der Waals surface area (Å²) in [6, 6.07) is 7.32. The molecule has 0 saturated heterocycles. The lowest BCUT2D eigenvalue weighted by atomic mass is 10.1. The minimum Gasteiger partial charge on any atom is -0.376 e. The molecule has 2 fully saturated rings. The first-order valence-corrected chi connectivity index (χ1v) is 7.57. The van der Waals surface area contributed by atoms with Gasteiger partial charge in [-0.05, 0) is 49.7 Å².